The molecule has 0 aliphatic rings. The molecule has 0 bridgehead atoms. The van der Waals surface area contributed by atoms with E-state index in [-0.39, 0.29) is 6.79 Å². The molecule has 1 unspecified atom stereocenters. The van der Waals surface area contributed by atoms with E-state index in [9.17, 15) is 4.57 Å². The smallest absolute Gasteiger partial charge is 0.354 e. The summed E-state index contributed by atoms with van der Waals surface area (Å²) in [7, 11) is 0.762. The molecule has 3 nitrogen and oxygen atoms in total. The molecule has 0 saturated heterocycles. The predicted octanol–water partition coefficient (Wildman–Crippen LogP) is 0.546. The van der Waals surface area contributed by atoms with Crippen LogP contribution in [-0.2, 0) is 13.8 Å². The van der Waals surface area contributed by atoms with Crippen LogP contribution >= 0.6 is 8.69 Å². The van der Waals surface area contributed by atoms with Crippen molar-refractivity contribution in [1.82, 2.24) is 0 Å². The summed E-state index contributed by atoms with van der Waals surface area (Å²) in [4.78, 5) is 0. The summed E-state index contributed by atoms with van der Waals surface area (Å²) < 4.78 is 18.0. The normalized spacial score (nSPS) is 9.50. The quantitative estimate of drug-likeness (QED) is 0.301. The van der Waals surface area contributed by atoms with Crippen LogP contribution in [0.25, 0.3) is 0 Å². The van der Waals surface area contributed by atoms with Crippen LogP contribution in [0.3, 0.4) is 0 Å². The predicted molar refractivity (Wildman–Crippen MR) is 22.0 cm³/mol. The van der Waals surface area contributed by atoms with E-state index in [0.717, 1.165) is 0 Å². The van der Waals surface area contributed by atoms with Crippen molar-refractivity contribution < 1.29 is 13.8 Å². The highest BCUT2D eigenvalue weighted by Gasteiger charge is 1.83. The number of ether oxygens (including phenoxy) is 1. The summed E-state index contributed by atoms with van der Waals surface area (Å²) in [5.41, 5.74) is 0. The molecule has 0 radical (unpaired) electrons. The molecular formula is C2H6O3P+. The molecule has 0 saturated carbocycles. The first-order chi connectivity index (χ1) is 2.91. The highest BCUT2D eigenvalue weighted by molar-refractivity contribution is 7.17. The number of hydrogen-bond acceptors (Lipinski definition) is 3. The second kappa shape index (κ2) is 5.02. The van der Waals surface area contributed by atoms with Gasteiger partial charge in [-0.25, -0.2) is 0 Å². The van der Waals surface area contributed by atoms with E-state index in [1.54, 1.807) is 0 Å². The van der Waals surface area contributed by atoms with Crippen molar-refractivity contribution in [1.29, 1.82) is 0 Å². The molecule has 0 aliphatic heterocycles. The van der Waals surface area contributed by atoms with E-state index < -0.39 is 8.69 Å². The molecular weight excluding hydrogens is 103 g/mol. The third kappa shape index (κ3) is 4.02. The molecule has 4 heteroatoms. The van der Waals surface area contributed by atoms with Gasteiger partial charge in [0.15, 0.2) is 0 Å². The fraction of sp³-hybridized carbons (Fsp3) is 1.00. The van der Waals surface area contributed by atoms with Crippen LogP contribution in [0.2, 0.25) is 0 Å². The average Bonchev–Trinajstić information content (AvgIpc) is 1.61. The van der Waals surface area contributed by atoms with Crippen LogP contribution < -0.4 is 0 Å². The largest absolute Gasteiger partial charge is 0.496 e. The molecule has 0 amide bonds. The zero-order valence-corrected chi connectivity index (χ0v) is 4.43. The van der Waals surface area contributed by atoms with Crippen molar-refractivity contribution in [2.45, 2.75) is 0 Å². The van der Waals surface area contributed by atoms with Gasteiger partial charge in [0.25, 0.3) is 0 Å². The lowest BCUT2D eigenvalue weighted by Crippen LogP contribution is -1.83. The summed E-state index contributed by atoms with van der Waals surface area (Å²) in [5, 5.41) is 0. The van der Waals surface area contributed by atoms with Gasteiger partial charge in [-0.1, -0.05) is 0 Å². The maximum Gasteiger partial charge on any atom is 0.496 e. The van der Waals surface area contributed by atoms with Crippen LogP contribution in [-0.4, -0.2) is 13.9 Å². The Morgan fingerprint density at radius 1 is 1.83 bits per heavy atom. The van der Waals surface area contributed by atoms with Crippen molar-refractivity contribution in [2.24, 2.45) is 0 Å². The van der Waals surface area contributed by atoms with Gasteiger partial charge in [-0.3, -0.25) is 0 Å². The van der Waals surface area contributed by atoms with Gasteiger partial charge >= 0.3 is 8.69 Å². The number of methoxy groups -OCH3 is 1. The van der Waals surface area contributed by atoms with Crippen LogP contribution in [0.15, 0.2) is 0 Å². The minimum atomic E-state index is -0.710. The zero-order valence-electron chi connectivity index (χ0n) is 3.43. The van der Waals surface area contributed by atoms with E-state index in [1.165, 1.54) is 7.11 Å². The Labute approximate surface area is 37.5 Å². The van der Waals surface area contributed by atoms with Crippen molar-refractivity contribution in [3.8, 4) is 0 Å². The molecule has 0 N–H and O–H groups in total. The zero-order chi connectivity index (χ0) is 4.83. The third-order valence-electron chi connectivity index (χ3n) is 0.236. The van der Waals surface area contributed by atoms with Gasteiger partial charge in [-0.15, -0.1) is 4.52 Å². The monoisotopic (exact) mass is 109 g/mol. The molecule has 0 spiro atoms. The SMILES string of the molecule is COCO[PH+]=O. The van der Waals surface area contributed by atoms with Crippen LogP contribution in [0.1, 0.15) is 0 Å². The molecule has 0 aromatic heterocycles. The van der Waals surface area contributed by atoms with Gasteiger partial charge in [0.05, 0.1) is 0 Å². The van der Waals surface area contributed by atoms with Crippen molar-refractivity contribution in [3.05, 3.63) is 0 Å². The minimum absolute atomic E-state index is 0.113. The molecule has 0 heterocycles. The Morgan fingerprint density at radius 2 is 2.50 bits per heavy atom. The van der Waals surface area contributed by atoms with Gasteiger partial charge in [-0.2, -0.15) is 0 Å². The Hall–Kier alpha value is 0.0200. The molecule has 36 valence electrons. The van der Waals surface area contributed by atoms with E-state index in [4.69, 9.17) is 0 Å². The summed E-state index contributed by atoms with van der Waals surface area (Å²) in [5.74, 6) is 0. The Kier molecular flexibility index (Phi) is 5.04. The van der Waals surface area contributed by atoms with Crippen molar-refractivity contribution in [2.75, 3.05) is 13.9 Å². The summed E-state index contributed by atoms with van der Waals surface area (Å²) >= 11 is 0. The van der Waals surface area contributed by atoms with Crippen molar-refractivity contribution >= 4 is 8.69 Å². The van der Waals surface area contributed by atoms with Crippen molar-refractivity contribution in [3.63, 3.8) is 0 Å². The van der Waals surface area contributed by atoms with Crippen LogP contribution in [0, 0.1) is 0 Å². The summed E-state index contributed by atoms with van der Waals surface area (Å²) in [6.45, 7) is 0.113. The lowest BCUT2D eigenvalue weighted by atomic mass is 11.4. The average molecular weight is 109 g/mol. The van der Waals surface area contributed by atoms with E-state index in [0.29, 0.717) is 0 Å². The first kappa shape index (κ1) is 6.02. The maximum atomic E-state index is 9.41. The van der Waals surface area contributed by atoms with Gasteiger partial charge in [0, 0.05) is 7.11 Å². The topological polar surface area (TPSA) is 35.5 Å². The first-order valence-electron chi connectivity index (χ1n) is 1.39. The first-order valence-corrected chi connectivity index (χ1v) is 2.21. The Morgan fingerprint density at radius 3 is 2.67 bits per heavy atom. The van der Waals surface area contributed by atoms with E-state index in [1.807, 2.05) is 0 Å². The van der Waals surface area contributed by atoms with Gasteiger partial charge in [-0.05, 0) is 4.57 Å². The summed E-state index contributed by atoms with van der Waals surface area (Å²) in [6.07, 6.45) is 0. The number of rotatable bonds is 3. The van der Waals surface area contributed by atoms with E-state index in [2.05, 4.69) is 9.26 Å². The highest BCUT2D eigenvalue weighted by atomic mass is 31.1. The third-order valence-corrected chi connectivity index (χ3v) is 0.471. The molecule has 6 heavy (non-hydrogen) atoms. The molecule has 0 rings (SSSR count). The molecule has 0 aromatic rings. The Balaban J connectivity index is 2.49. The second-order valence-electron chi connectivity index (χ2n) is 0.634. The fourth-order valence-corrected chi connectivity index (χ4v) is 0.249. The molecule has 0 aliphatic carbocycles. The fourth-order valence-electron chi connectivity index (χ4n) is 0.0830. The second-order valence-corrected chi connectivity index (χ2v) is 1.09. The standard InChI is InChI=1S/C2H6O3P/c1-4-2-5-6-3/h6H,2H2,1H3/q+1. The molecule has 0 fully saturated rings. The van der Waals surface area contributed by atoms with Crippen LogP contribution in [0.4, 0.5) is 0 Å². The van der Waals surface area contributed by atoms with Crippen LogP contribution in [0.5, 0.6) is 0 Å². The highest BCUT2D eigenvalue weighted by Crippen LogP contribution is 1.90. The van der Waals surface area contributed by atoms with Gasteiger partial charge < -0.3 is 4.74 Å². The lowest BCUT2D eigenvalue weighted by molar-refractivity contribution is 0.0608. The minimum Gasteiger partial charge on any atom is -0.354 e. The van der Waals surface area contributed by atoms with Gasteiger partial charge in [0.2, 0.25) is 6.79 Å². The maximum absolute atomic E-state index is 9.41. The lowest BCUT2D eigenvalue weighted by Gasteiger charge is -1.79. The van der Waals surface area contributed by atoms with E-state index >= 15 is 0 Å². The van der Waals surface area contributed by atoms with Gasteiger partial charge in [0.1, 0.15) is 0 Å². The Bertz CT molecular complexity index is 37.8. The molecule has 1 atom stereocenters. The number of hydrogen-bond donors (Lipinski definition) is 0. The molecule has 0 aromatic carbocycles. The summed E-state index contributed by atoms with van der Waals surface area (Å²) in [6, 6.07) is 0.